The molecule has 2 aromatic carbocycles. The Bertz CT molecular complexity index is 672. The zero-order valence-electron chi connectivity index (χ0n) is 10.4. The maximum atomic E-state index is 13.4. The van der Waals surface area contributed by atoms with E-state index < -0.39 is 17.6 Å². The van der Waals surface area contributed by atoms with Gasteiger partial charge in [-0.05, 0) is 35.9 Å². The molecule has 0 heterocycles. The van der Waals surface area contributed by atoms with Gasteiger partial charge >= 0.3 is 5.97 Å². The van der Waals surface area contributed by atoms with E-state index in [-0.39, 0.29) is 11.1 Å². The van der Waals surface area contributed by atoms with Crippen LogP contribution in [-0.2, 0) is 0 Å². The number of carbonyl (C=O) groups excluding carboxylic acids is 1. The number of carboxylic acids is 1. The van der Waals surface area contributed by atoms with Gasteiger partial charge in [0.15, 0.2) is 5.78 Å². The fraction of sp³-hybridized carbons (Fsp3) is 0. The summed E-state index contributed by atoms with van der Waals surface area (Å²) in [6.45, 7) is 0. The first kappa shape index (κ1) is 13.7. The Morgan fingerprint density at radius 2 is 1.65 bits per heavy atom. The van der Waals surface area contributed by atoms with Crippen LogP contribution in [0.2, 0.25) is 0 Å². The van der Waals surface area contributed by atoms with Gasteiger partial charge in [-0.1, -0.05) is 30.3 Å². The molecule has 100 valence electrons. The minimum absolute atomic E-state index is 0.00547. The maximum Gasteiger partial charge on any atom is 0.335 e. The van der Waals surface area contributed by atoms with Crippen LogP contribution in [0.25, 0.3) is 6.08 Å². The Labute approximate surface area is 115 Å². The van der Waals surface area contributed by atoms with E-state index in [1.165, 1.54) is 42.5 Å². The van der Waals surface area contributed by atoms with Gasteiger partial charge in [0, 0.05) is 0 Å². The Hall–Kier alpha value is -2.75. The number of halogens is 1. The molecule has 3 nitrogen and oxygen atoms in total. The van der Waals surface area contributed by atoms with Crippen LogP contribution in [0.3, 0.4) is 0 Å². The van der Waals surface area contributed by atoms with E-state index in [0.29, 0.717) is 5.56 Å². The second kappa shape index (κ2) is 5.93. The first-order valence-corrected chi connectivity index (χ1v) is 5.88. The molecule has 0 aliphatic rings. The van der Waals surface area contributed by atoms with Gasteiger partial charge < -0.3 is 5.11 Å². The van der Waals surface area contributed by atoms with Crippen molar-refractivity contribution in [2.75, 3.05) is 0 Å². The van der Waals surface area contributed by atoms with Crippen LogP contribution in [0, 0.1) is 5.82 Å². The highest BCUT2D eigenvalue weighted by atomic mass is 19.1. The van der Waals surface area contributed by atoms with Crippen molar-refractivity contribution in [3.63, 3.8) is 0 Å². The van der Waals surface area contributed by atoms with Crippen LogP contribution in [0.1, 0.15) is 26.3 Å². The molecule has 1 N–H and O–H groups in total. The largest absolute Gasteiger partial charge is 0.478 e. The van der Waals surface area contributed by atoms with E-state index in [9.17, 15) is 14.0 Å². The van der Waals surface area contributed by atoms with Crippen molar-refractivity contribution in [2.24, 2.45) is 0 Å². The number of rotatable bonds is 4. The molecule has 2 rings (SSSR count). The highest BCUT2D eigenvalue weighted by molar-refractivity contribution is 6.07. The Morgan fingerprint density at radius 1 is 1.00 bits per heavy atom. The number of hydrogen-bond acceptors (Lipinski definition) is 2. The fourth-order valence-electron chi connectivity index (χ4n) is 1.66. The minimum atomic E-state index is -1.01. The van der Waals surface area contributed by atoms with Gasteiger partial charge in [-0.2, -0.15) is 0 Å². The van der Waals surface area contributed by atoms with Gasteiger partial charge in [-0.15, -0.1) is 0 Å². The number of benzene rings is 2. The van der Waals surface area contributed by atoms with E-state index in [1.807, 2.05) is 0 Å². The Kier molecular flexibility index (Phi) is 4.05. The number of hydrogen-bond donors (Lipinski definition) is 1. The smallest absolute Gasteiger partial charge is 0.335 e. The maximum absolute atomic E-state index is 13.4. The summed E-state index contributed by atoms with van der Waals surface area (Å²) in [5.74, 6) is -2.02. The molecule has 0 aromatic heterocycles. The lowest BCUT2D eigenvalue weighted by Gasteiger charge is -1.98. The van der Waals surface area contributed by atoms with E-state index in [1.54, 1.807) is 18.2 Å². The quantitative estimate of drug-likeness (QED) is 0.684. The molecule has 2 aromatic rings. The topological polar surface area (TPSA) is 54.4 Å². The average Bonchev–Trinajstić information content (AvgIpc) is 2.45. The third-order valence-electron chi connectivity index (χ3n) is 2.72. The lowest BCUT2D eigenvalue weighted by Crippen LogP contribution is -1.98. The van der Waals surface area contributed by atoms with Crippen molar-refractivity contribution in [3.05, 3.63) is 77.1 Å². The molecule has 4 heteroatoms. The van der Waals surface area contributed by atoms with Crippen molar-refractivity contribution in [1.82, 2.24) is 0 Å². The number of allylic oxidation sites excluding steroid dienone is 1. The Morgan fingerprint density at radius 3 is 2.25 bits per heavy atom. The molecule has 0 spiro atoms. The molecule has 0 saturated carbocycles. The first-order chi connectivity index (χ1) is 9.58. The standard InChI is InChI=1S/C16H11FO3/c17-14-4-2-1-3-13(14)15(18)10-7-11-5-8-12(9-6-11)16(19)20/h1-10H,(H,19,20)/b10-7+. The summed E-state index contributed by atoms with van der Waals surface area (Å²) < 4.78 is 13.4. The summed E-state index contributed by atoms with van der Waals surface area (Å²) >= 11 is 0. The molecule has 0 aliphatic heterocycles. The van der Waals surface area contributed by atoms with Gasteiger partial charge in [-0.25, -0.2) is 9.18 Å². The van der Waals surface area contributed by atoms with Crippen LogP contribution in [0.15, 0.2) is 54.6 Å². The number of aromatic carboxylic acids is 1. The third kappa shape index (κ3) is 3.17. The SMILES string of the molecule is O=C(O)c1ccc(/C=C/C(=O)c2ccccc2F)cc1. The summed E-state index contributed by atoms with van der Waals surface area (Å²) in [5.41, 5.74) is 0.841. The van der Waals surface area contributed by atoms with Gasteiger partial charge in [0.25, 0.3) is 0 Å². The average molecular weight is 270 g/mol. The molecule has 0 unspecified atom stereocenters. The van der Waals surface area contributed by atoms with Crippen molar-refractivity contribution in [2.45, 2.75) is 0 Å². The highest BCUT2D eigenvalue weighted by Gasteiger charge is 2.07. The van der Waals surface area contributed by atoms with Crippen molar-refractivity contribution in [3.8, 4) is 0 Å². The van der Waals surface area contributed by atoms with Gasteiger partial charge in [-0.3, -0.25) is 4.79 Å². The molecular formula is C16H11FO3. The second-order valence-corrected chi connectivity index (χ2v) is 4.10. The van der Waals surface area contributed by atoms with Crippen LogP contribution in [0.5, 0.6) is 0 Å². The summed E-state index contributed by atoms with van der Waals surface area (Å²) in [4.78, 5) is 22.5. The predicted molar refractivity (Wildman–Crippen MR) is 73.2 cm³/mol. The molecular weight excluding hydrogens is 259 g/mol. The predicted octanol–water partition coefficient (Wildman–Crippen LogP) is 3.42. The number of carboxylic acid groups (broad SMARTS) is 1. The summed E-state index contributed by atoms with van der Waals surface area (Å²) in [5, 5.41) is 8.76. The van der Waals surface area contributed by atoms with Gasteiger partial charge in [0.2, 0.25) is 0 Å². The zero-order chi connectivity index (χ0) is 14.5. The molecule has 0 bridgehead atoms. The van der Waals surface area contributed by atoms with E-state index >= 15 is 0 Å². The van der Waals surface area contributed by atoms with Crippen molar-refractivity contribution < 1.29 is 19.1 Å². The first-order valence-electron chi connectivity index (χ1n) is 5.88. The van der Waals surface area contributed by atoms with Gasteiger partial charge in [0.1, 0.15) is 5.82 Å². The van der Waals surface area contributed by atoms with Crippen LogP contribution in [0.4, 0.5) is 4.39 Å². The van der Waals surface area contributed by atoms with Gasteiger partial charge in [0.05, 0.1) is 11.1 Å². The minimum Gasteiger partial charge on any atom is -0.478 e. The normalized spacial score (nSPS) is 10.7. The monoisotopic (exact) mass is 270 g/mol. The molecule has 0 atom stereocenters. The number of ketones is 1. The lowest BCUT2D eigenvalue weighted by atomic mass is 10.1. The van der Waals surface area contributed by atoms with E-state index in [0.717, 1.165) is 0 Å². The zero-order valence-corrected chi connectivity index (χ0v) is 10.4. The Balaban J connectivity index is 2.15. The third-order valence-corrected chi connectivity index (χ3v) is 2.72. The van der Waals surface area contributed by atoms with Crippen LogP contribution >= 0.6 is 0 Å². The van der Waals surface area contributed by atoms with E-state index in [4.69, 9.17) is 5.11 Å². The van der Waals surface area contributed by atoms with E-state index in [2.05, 4.69) is 0 Å². The molecule has 0 radical (unpaired) electrons. The molecule has 0 amide bonds. The summed E-state index contributed by atoms with van der Waals surface area (Å²) in [6, 6.07) is 11.8. The molecule has 0 saturated heterocycles. The van der Waals surface area contributed by atoms with Crippen LogP contribution < -0.4 is 0 Å². The molecule has 20 heavy (non-hydrogen) atoms. The molecule has 0 aliphatic carbocycles. The van der Waals surface area contributed by atoms with Crippen molar-refractivity contribution >= 4 is 17.8 Å². The number of carbonyl (C=O) groups is 2. The highest BCUT2D eigenvalue weighted by Crippen LogP contribution is 2.10. The van der Waals surface area contributed by atoms with Crippen molar-refractivity contribution in [1.29, 1.82) is 0 Å². The second-order valence-electron chi connectivity index (χ2n) is 4.10. The molecule has 0 fully saturated rings. The summed E-state index contributed by atoms with van der Waals surface area (Å²) in [7, 11) is 0. The lowest BCUT2D eigenvalue weighted by molar-refractivity contribution is 0.0696. The summed E-state index contributed by atoms with van der Waals surface area (Å²) in [6.07, 6.45) is 2.77. The fourth-order valence-corrected chi connectivity index (χ4v) is 1.66. The van der Waals surface area contributed by atoms with Crippen LogP contribution in [-0.4, -0.2) is 16.9 Å².